The quantitative estimate of drug-likeness (QED) is 0.682. The highest BCUT2D eigenvalue weighted by atomic mass is 16.1. The molecule has 0 spiro atoms. The smallest absolute Gasteiger partial charge is 0.256 e. The molecule has 1 amide bonds. The van der Waals surface area contributed by atoms with E-state index in [1.807, 2.05) is 43.5 Å². The van der Waals surface area contributed by atoms with Gasteiger partial charge >= 0.3 is 0 Å². The van der Waals surface area contributed by atoms with E-state index in [0.29, 0.717) is 23.3 Å². The fourth-order valence-electron chi connectivity index (χ4n) is 3.70. The number of anilines is 1. The molecule has 3 aromatic rings. The summed E-state index contributed by atoms with van der Waals surface area (Å²) in [4.78, 5) is 21.4. The number of benzene rings is 1. The number of rotatable bonds is 3. The molecule has 2 aromatic heterocycles. The van der Waals surface area contributed by atoms with Crippen LogP contribution in [0.1, 0.15) is 59.2 Å². The van der Waals surface area contributed by atoms with Crippen molar-refractivity contribution in [2.75, 3.05) is 5.32 Å². The van der Waals surface area contributed by atoms with Crippen LogP contribution in [0, 0.1) is 24.7 Å². The number of imidazole rings is 1. The van der Waals surface area contributed by atoms with Gasteiger partial charge in [0.15, 0.2) is 5.82 Å². The number of hydrogen-bond acceptors (Lipinski definition) is 3. The van der Waals surface area contributed by atoms with Crippen LogP contribution in [0.5, 0.6) is 0 Å². The summed E-state index contributed by atoms with van der Waals surface area (Å²) in [6.45, 7) is 6.43. The number of carbonyl (C=O) groups excluding carboxylic acids is 1. The maximum Gasteiger partial charge on any atom is 0.256 e. The monoisotopic (exact) mass is 384 g/mol. The Balaban J connectivity index is 1.53. The van der Waals surface area contributed by atoms with Gasteiger partial charge in [0.25, 0.3) is 5.91 Å². The van der Waals surface area contributed by atoms with E-state index in [1.165, 1.54) is 0 Å². The Bertz CT molecular complexity index is 1100. The lowest BCUT2D eigenvalue weighted by molar-refractivity contribution is 0.102. The molecule has 29 heavy (non-hydrogen) atoms. The molecule has 1 N–H and O–H groups in total. The van der Waals surface area contributed by atoms with Crippen molar-refractivity contribution in [1.29, 1.82) is 0 Å². The lowest BCUT2D eigenvalue weighted by atomic mass is 10.0. The molecular weight excluding hydrogens is 360 g/mol. The van der Waals surface area contributed by atoms with E-state index >= 15 is 0 Å². The van der Waals surface area contributed by atoms with Gasteiger partial charge in [-0.05, 0) is 49.1 Å². The number of carbonyl (C=O) groups is 1. The average Bonchev–Trinajstić information content (AvgIpc) is 3.28. The molecule has 5 nitrogen and oxygen atoms in total. The molecule has 5 heteroatoms. The van der Waals surface area contributed by atoms with Gasteiger partial charge in [-0.25, -0.2) is 4.98 Å². The molecule has 0 fully saturated rings. The fraction of sp³-hybridized carbons (Fsp3) is 0.292. The Morgan fingerprint density at radius 1 is 1.28 bits per heavy atom. The summed E-state index contributed by atoms with van der Waals surface area (Å²) in [7, 11) is 0. The maximum absolute atomic E-state index is 12.8. The Morgan fingerprint density at radius 2 is 2.14 bits per heavy atom. The van der Waals surface area contributed by atoms with E-state index in [2.05, 4.69) is 45.5 Å². The Morgan fingerprint density at radius 3 is 2.90 bits per heavy atom. The van der Waals surface area contributed by atoms with Crippen molar-refractivity contribution < 1.29 is 4.79 Å². The van der Waals surface area contributed by atoms with Crippen LogP contribution in [-0.2, 0) is 6.42 Å². The Hall–Kier alpha value is -3.39. The summed E-state index contributed by atoms with van der Waals surface area (Å²) >= 11 is 0. The molecule has 0 aliphatic carbocycles. The summed E-state index contributed by atoms with van der Waals surface area (Å²) in [5.74, 6) is 8.28. The number of nitrogens with one attached hydrogen (secondary N) is 1. The van der Waals surface area contributed by atoms with Crippen molar-refractivity contribution in [3.8, 4) is 11.8 Å². The summed E-state index contributed by atoms with van der Waals surface area (Å²) in [5, 5.41) is 2.94. The van der Waals surface area contributed by atoms with Crippen LogP contribution in [-0.4, -0.2) is 20.4 Å². The third-order valence-corrected chi connectivity index (χ3v) is 5.34. The number of nitrogens with zero attached hydrogens (tertiary/aromatic N) is 3. The van der Waals surface area contributed by atoms with Gasteiger partial charge in [0.1, 0.15) is 5.82 Å². The largest absolute Gasteiger partial charge is 0.329 e. The Labute approximate surface area is 171 Å². The first-order chi connectivity index (χ1) is 14.0. The van der Waals surface area contributed by atoms with E-state index in [0.717, 1.165) is 35.4 Å². The number of amides is 1. The minimum absolute atomic E-state index is 0.174. The predicted molar refractivity (Wildman–Crippen MR) is 114 cm³/mol. The molecule has 0 saturated carbocycles. The van der Waals surface area contributed by atoms with Crippen molar-refractivity contribution in [3.05, 3.63) is 77.0 Å². The number of aromatic nitrogens is 3. The molecule has 4 rings (SSSR count). The molecule has 1 aliphatic rings. The minimum Gasteiger partial charge on any atom is -0.329 e. The van der Waals surface area contributed by atoms with Crippen molar-refractivity contribution >= 4 is 11.7 Å². The standard InChI is InChI=1S/C24H24N4O/c1-16(2)21-10-11-23-26-22(15-28(21)23)27-24(29)20-8-6-17(3)19(13-20)9-7-18-5-4-12-25-14-18/h4-6,8,12-16,21H,10-11H2,1-3H3,(H,27,29). The number of aryl methyl sites for hydroxylation is 2. The third kappa shape index (κ3) is 4.07. The van der Waals surface area contributed by atoms with Gasteiger partial charge in [-0.15, -0.1) is 0 Å². The zero-order valence-electron chi connectivity index (χ0n) is 16.9. The molecular formula is C24H24N4O. The van der Waals surface area contributed by atoms with E-state index in [1.54, 1.807) is 12.4 Å². The number of hydrogen-bond donors (Lipinski definition) is 1. The first kappa shape index (κ1) is 18.9. The SMILES string of the molecule is Cc1ccc(C(=O)Nc2cn3c(n2)CCC3C(C)C)cc1C#Cc1cccnc1. The van der Waals surface area contributed by atoms with Crippen LogP contribution in [0.3, 0.4) is 0 Å². The molecule has 1 aromatic carbocycles. The highest BCUT2D eigenvalue weighted by molar-refractivity contribution is 6.04. The van der Waals surface area contributed by atoms with E-state index in [9.17, 15) is 4.79 Å². The second kappa shape index (κ2) is 7.92. The maximum atomic E-state index is 12.8. The van der Waals surface area contributed by atoms with Crippen molar-refractivity contribution in [3.63, 3.8) is 0 Å². The molecule has 0 saturated heterocycles. The number of fused-ring (bicyclic) bond motifs is 1. The summed E-state index contributed by atoms with van der Waals surface area (Å²) < 4.78 is 2.21. The van der Waals surface area contributed by atoms with Crippen LogP contribution in [0.2, 0.25) is 0 Å². The van der Waals surface area contributed by atoms with Crippen molar-refractivity contribution in [1.82, 2.24) is 14.5 Å². The highest BCUT2D eigenvalue weighted by Gasteiger charge is 2.26. The van der Waals surface area contributed by atoms with Gasteiger partial charge in [0.2, 0.25) is 0 Å². The van der Waals surface area contributed by atoms with E-state index in [4.69, 9.17) is 0 Å². The minimum atomic E-state index is -0.174. The second-order valence-electron chi connectivity index (χ2n) is 7.78. The van der Waals surface area contributed by atoms with Gasteiger partial charge in [-0.3, -0.25) is 9.78 Å². The summed E-state index contributed by atoms with van der Waals surface area (Å²) in [6, 6.07) is 9.79. The zero-order chi connectivity index (χ0) is 20.4. The summed E-state index contributed by atoms with van der Waals surface area (Å²) in [5.41, 5.74) is 3.26. The molecule has 0 bridgehead atoms. The van der Waals surface area contributed by atoms with Gasteiger partial charge in [-0.2, -0.15) is 0 Å². The Kier molecular flexibility index (Phi) is 5.18. The van der Waals surface area contributed by atoms with Gasteiger partial charge < -0.3 is 9.88 Å². The van der Waals surface area contributed by atoms with Crippen molar-refractivity contribution in [2.24, 2.45) is 5.92 Å². The van der Waals surface area contributed by atoms with Gasteiger partial charge in [0, 0.05) is 47.7 Å². The topological polar surface area (TPSA) is 59.8 Å². The van der Waals surface area contributed by atoms with Crippen LogP contribution >= 0.6 is 0 Å². The first-order valence-electron chi connectivity index (χ1n) is 9.93. The molecule has 146 valence electrons. The lowest BCUT2D eigenvalue weighted by Crippen LogP contribution is -2.13. The molecule has 1 aliphatic heterocycles. The summed E-state index contributed by atoms with van der Waals surface area (Å²) in [6.07, 6.45) is 7.47. The van der Waals surface area contributed by atoms with E-state index in [-0.39, 0.29) is 5.91 Å². The molecule has 1 unspecified atom stereocenters. The second-order valence-corrected chi connectivity index (χ2v) is 7.78. The normalized spacial score (nSPS) is 15.0. The zero-order valence-corrected chi connectivity index (χ0v) is 16.9. The van der Waals surface area contributed by atoms with Crippen molar-refractivity contribution in [2.45, 2.75) is 39.7 Å². The molecule has 0 radical (unpaired) electrons. The lowest BCUT2D eigenvalue weighted by Gasteiger charge is -2.16. The third-order valence-electron chi connectivity index (χ3n) is 5.34. The first-order valence-corrected chi connectivity index (χ1v) is 9.93. The van der Waals surface area contributed by atoms with E-state index < -0.39 is 0 Å². The van der Waals surface area contributed by atoms with Gasteiger partial charge in [0.05, 0.1) is 0 Å². The van der Waals surface area contributed by atoms with Crippen LogP contribution in [0.25, 0.3) is 0 Å². The van der Waals surface area contributed by atoms with Crippen LogP contribution < -0.4 is 5.32 Å². The highest BCUT2D eigenvalue weighted by Crippen LogP contribution is 2.32. The molecule has 1 atom stereocenters. The van der Waals surface area contributed by atoms with Crippen LogP contribution in [0.4, 0.5) is 5.82 Å². The number of pyridine rings is 1. The predicted octanol–water partition coefficient (Wildman–Crippen LogP) is 4.38. The van der Waals surface area contributed by atoms with Gasteiger partial charge in [-0.1, -0.05) is 31.8 Å². The van der Waals surface area contributed by atoms with Crippen LogP contribution in [0.15, 0.2) is 48.9 Å². The molecule has 3 heterocycles. The average molecular weight is 384 g/mol. The fourth-order valence-corrected chi connectivity index (χ4v) is 3.70.